The fraction of sp³-hybridized carbons (Fsp3) is 0.231. The van der Waals surface area contributed by atoms with Crippen molar-refractivity contribution in [2.45, 2.75) is 13.8 Å². The highest BCUT2D eigenvalue weighted by Crippen LogP contribution is 2.30. The van der Waals surface area contributed by atoms with Crippen LogP contribution in [-0.2, 0) is 0 Å². The molecule has 0 aliphatic carbocycles. The van der Waals surface area contributed by atoms with Crippen LogP contribution in [0.2, 0.25) is 0 Å². The van der Waals surface area contributed by atoms with Gasteiger partial charge in [-0.2, -0.15) is 5.26 Å². The largest absolute Gasteiger partial charge is 0.292 e. The van der Waals surface area contributed by atoms with Crippen LogP contribution >= 0.6 is 11.3 Å². The third kappa shape index (κ3) is 1.62. The molecule has 0 aliphatic rings. The number of fused-ring (bicyclic) bond motifs is 1. The molecule has 0 atom stereocenters. The minimum Gasteiger partial charge on any atom is -0.292 e. The molecule has 2 nitrogen and oxygen atoms in total. The topological polar surface area (TPSA) is 40.9 Å². The van der Waals surface area contributed by atoms with Crippen molar-refractivity contribution in [3.8, 4) is 6.07 Å². The third-order valence-electron chi connectivity index (χ3n) is 2.57. The summed E-state index contributed by atoms with van der Waals surface area (Å²) >= 11 is 1.54. The molecule has 0 radical (unpaired) electrons. The predicted molar refractivity (Wildman–Crippen MR) is 65.5 cm³/mol. The normalized spacial score (nSPS) is 11.3. The van der Waals surface area contributed by atoms with E-state index < -0.39 is 5.41 Å². The van der Waals surface area contributed by atoms with Crippen molar-refractivity contribution in [2.24, 2.45) is 5.41 Å². The molecule has 2 rings (SSSR count). The zero-order valence-corrected chi connectivity index (χ0v) is 9.97. The summed E-state index contributed by atoms with van der Waals surface area (Å²) in [7, 11) is 0. The van der Waals surface area contributed by atoms with E-state index in [1.54, 1.807) is 13.8 Å². The van der Waals surface area contributed by atoms with E-state index in [1.165, 1.54) is 11.3 Å². The quantitative estimate of drug-likeness (QED) is 0.738. The molecular weight excluding hydrogens is 218 g/mol. The first-order valence-electron chi connectivity index (χ1n) is 4.98. The van der Waals surface area contributed by atoms with Crippen molar-refractivity contribution in [2.75, 3.05) is 0 Å². The van der Waals surface area contributed by atoms with Crippen LogP contribution < -0.4 is 0 Å². The van der Waals surface area contributed by atoms with Gasteiger partial charge in [-0.05, 0) is 19.9 Å². The van der Waals surface area contributed by atoms with Crippen LogP contribution in [0.1, 0.15) is 24.2 Å². The summed E-state index contributed by atoms with van der Waals surface area (Å²) in [4.78, 5) is 12.2. The Kier molecular flexibility index (Phi) is 2.53. The van der Waals surface area contributed by atoms with Crippen molar-refractivity contribution < 1.29 is 4.79 Å². The number of benzene rings is 1. The SMILES string of the molecule is CC(C)(C#N)C(=O)c1csc2ccccc12. The van der Waals surface area contributed by atoms with Crippen molar-refractivity contribution >= 4 is 27.2 Å². The van der Waals surface area contributed by atoms with E-state index in [0.29, 0.717) is 5.56 Å². The lowest BCUT2D eigenvalue weighted by Crippen LogP contribution is -2.21. The van der Waals surface area contributed by atoms with Crippen LogP contribution in [0.15, 0.2) is 29.6 Å². The fourth-order valence-corrected chi connectivity index (χ4v) is 2.48. The standard InChI is InChI=1S/C13H11NOS/c1-13(2,8-14)12(15)10-7-16-11-6-4-3-5-9(10)11/h3-7H,1-2H3. The van der Waals surface area contributed by atoms with E-state index in [0.717, 1.165) is 10.1 Å². The van der Waals surface area contributed by atoms with Gasteiger partial charge in [-0.1, -0.05) is 18.2 Å². The first kappa shape index (κ1) is 10.8. The van der Waals surface area contributed by atoms with E-state index in [4.69, 9.17) is 5.26 Å². The molecule has 0 spiro atoms. The number of ketones is 1. The Morgan fingerprint density at radius 2 is 2.06 bits per heavy atom. The molecule has 0 bridgehead atoms. The Morgan fingerprint density at radius 1 is 1.38 bits per heavy atom. The molecule has 1 aromatic heterocycles. The lowest BCUT2D eigenvalue weighted by atomic mass is 9.86. The molecule has 0 saturated carbocycles. The first-order valence-corrected chi connectivity index (χ1v) is 5.86. The second-order valence-corrected chi connectivity index (χ2v) is 5.12. The van der Waals surface area contributed by atoms with Gasteiger partial charge in [-0.25, -0.2) is 0 Å². The minimum atomic E-state index is -0.955. The van der Waals surface area contributed by atoms with Gasteiger partial charge < -0.3 is 0 Å². The van der Waals surface area contributed by atoms with Crippen LogP contribution in [0, 0.1) is 16.7 Å². The summed E-state index contributed by atoms with van der Waals surface area (Å²) in [5.74, 6) is -0.104. The first-order chi connectivity index (χ1) is 7.56. The maximum atomic E-state index is 12.2. The summed E-state index contributed by atoms with van der Waals surface area (Å²) in [6.45, 7) is 3.31. The molecule has 3 heteroatoms. The Bertz CT molecular complexity index is 589. The molecule has 0 unspecified atom stereocenters. The predicted octanol–water partition coefficient (Wildman–Crippen LogP) is 3.63. The number of carbonyl (C=O) groups excluding carboxylic acids is 1. The summed E-state index contributed by atoms with van der Waals surface area (Å²) in [5, 5.41) is 11.8. The van der Waals surface area contributed by atoms with Crippen molar-refractivity contribution in [1.82, 2.24) is 0 Å². The zero-order chi connectivity index (χ0) is 11.8. The number of nitrogens with zero attached hydrogens (tertiary/aromatic N) is 1. The van der Waals surface area contributed by atoms with Gasteiger partial charge in [0, 0.05) is 21.0 Å². The summed E-state index contributed by atoms with van der Waals surface area (Å²) in [6, 6.07) is 9.81. The van der Waals surface area contributed by atoms with Crippen molar-refractivity contribution in [3.05, 3.63) is 35.2 Å². The van der Waals surface area contributed by atoms with Gasteiger partial charge in [0.25, 0.3) is 0 Å². The zero-order valence-electron chi connectivity index (χ0n) is 9.15. The van der Waals surface area contributed by atoms with Gasteiger partial charge in [0.15, 0.2) is 5.78 Å². The van der Waals surface area contributed by atoms with Crippen molar-refractivity contribution in [1.29, 1.82) is 5.26 Å². The molecule has 0 saturated heterocycles. The number of hydrogen-bond donors (Lipinski definition) is 0. The van der Waals surface area contributed by atoms with Crippen LogP contribution in [0.4, 0.5) is 0 Å². The van der Waals surface area contributed by atoms with E-state index in [-0.39, 0.29) is 5.78 Å². The van der Waals surface area contributed by atoms with E-state index in [9.17, 15) is 4.79 Å². The van der Waals surface area contributed by atoms with Crippen LogP contribution in [0.3, 0.4) is 0 Å². The maximum Gasteiger partial charge on any atom is 0.183 e. The van der Waals surface area contributed by atoms with E-state index in [1.807, 2.05) is 35.7 Å². The lowest BCUT2D eigenvalue weighted by molar-refractivity contribution is 0.0894. The second kappa shape index (κ2) is 3.73. The highest BCUT2D eigenvalue weighted by atomic mass is 32.1. The molecule has 1 aromatic carbocycles. The number of hydrogen-bond acceptors (Lipinski definition) is 3. The molecule has 0 amide bonds. The van der Waals surface area contributed by atoms with Gasteiger partial charge >= 0.3 is 0 Å². The highest BCUT2D eigenvalue weighted by Gasteiger charge is 2.29. The summed E-state index contributed by atoms with van der Waals surface area (Å²) in [5.41, 5.74) is -0.295. The molecule has 2 aromatic rings. The number of Topliss-reactive ketones (excluding diaryl/α,β-unsaturated/α-hetero) is 1. The molecule has 0 aliphatic heterocycles. The van der Waals surface area contributed by atoms with Crippen LogP contribution in [-0.4, -0.2) is 5.78 Å². The Morgan fingerprint density at radius 3 is 2.75 bits per heavy atom. The number of thiophene rings is 1. The molecule has 16 heavy (non-hydrogen) atoms. The van der Waals surface area contributed by atoms with Gasteiger partial charge in [0.2, 0.25) is 0 Å². The smallest absolute Gasteiger partial charge is 0.183 e. The fourth-order valence-electron chi connectivity index (χ4n) is 1.54. The minimum absolute atomic E-state index is 0.104. The Hall–Kier alpha value is -1.66. The van der Waals surface area contributed by atoms with Crippen LogP contribution in [0.25, 0.3) is 10.1 Å². The van der Waals surface area contributed by atoms with Gasteiger partial charge in [-0.15, -0.1) is 11.3 Å². The third-order valence-corrected chi connectivity index (χ3v) is 3.54. The molecular formula is C13H11NOS. The van der Waals surface area contributed by atoms with Gasteiger partial charge in [0.05, 0.1) is 6.07 Å². The summed E-state index contributed by atoms with van der Waals surface area (Å²) in [6.07, 6.45) is 0. The lowest BCUT2D eigenvalue weighted by Gasteiger charge is -2.12. The summed E-state index contributed by atoms with van der Waals surface area (Å²) < 4.78 is 1.08. The van der Waals surface area contributed by atoms with Crippen molar-refractivity contribution in [3.63, 3.8) is 0 Å². The molecule has 80 valence electrons. The molecule has 0 N–H and O–H groups in total. The number of carbonyl (C=O) groups is 1. The second-order valence-electron chi connectivity index (χ2n) is 4.21. The van der Waals surface area contributed by atoms with E-state index in [2.05, 4.69) is 0 Å². The number of rotatable bonds is 2. The monoisotopic (exact) mass is 229 g/mol. The maximum absolute atomic E-state index is 12.2. The van der Waals surface area contributed by atoms with E-state index >= 15 is 0 Å². The van der Waals surface area contributed by atoms with Gasteiger partial charge in [0.1, 0.15) is 5.41 Å². The highest BCUT2D eigenvalue weighted by molar-refractivity contribution is 7.17. The van der Waals surface area contributed by atoms with Gasteiger partial charge in [-0.3, -0.25) is 4.79 Å². The molecule has 1 heterocycles. The molecule has 0 fully saturated rings. The average Bonchev–Trinajstić information content (AvgIpc) is 2.71. The number of nitriles is 1. The average molecular weight is 229 g/mol. The van der Waals surface area contributed by atoms with Crippen LogP contribution in [0.5, 0.6) is 0 Å². The Balaban J connectivity index is 2.58. The Labute approximate surface area is 98.1 Å².